The molecule has 17 heavy (non-hydrogen) atoms. The van der Waals surface area contributed by atoms with Crippen LogP contribution in [0.5, 0.6) is 0 Å². The maximum Gasteiger partial charge on any atom is 0.0783 e. The van der Waals surface area contributed by atoms with Crippen LogP contribution >= 0.6 is 15.9 Å². The molecule has 1 aromatic carbocycles. The fourth-order valence-corrected chi connectivity index (χ4v) is 1.85. The van der Waals surface area contributed by atoms with Crippen LogP contribution in [0.4, 0.5) is 0 Å². The Morgan fingerprint density at radius 1 is 1.41 bits per heavy atom. The van der Waals surface area contributed by atoms with E-state index in [1.807, 2.05) is 16.8 Å². The molecule has 0 amide bonds. The zero-order chi connectivity index (χ0) is 12.3. The lowest BCUT2D eigenvalue weighted by Gasteiger charge is -2.08. The minimum atomic E-state index is 0.776. The van der Waals surface area contributed by atoms with Gasteiger partial charge in [-0.3, -0.25) is 0 Å². The van der Waals surface area contributed by atoms with Crippen LogP contribution in [0.2, 0.25) is 0 Å². The fraction of sp³-hybridized carbons (Fsp3) is 0.333. The highest BCUT2D eigenvalue weighted by Gasteiger charge is 2.06. The van der Waals surface area contributed by atoms with Crippen molar-refractivity contribution in [3.8, 4) is 5.69 Å². The first-order valence-corrected chi connectivity index (χ1v) is 6.38. The molecule has 0 atom stereocenters. The molecule has 2 aromatic rings. The number of nitrogens with one attached hydrogen (secondary N) is 1. The maximum atomic E-state index is 4.12. The molecule has 0 aliphatic carbocycles. The lowest BCUT2D eigenvalue weighted by atomic mass is 10.2. The standard InChI is InChI=1S/C12H15BrN4/c1-3-14-7-11-8-15-16-17(11)10-4-5-12(13)9(2)6-10/h4-6,8,14H,3,7H2,1-2H3. The highest BCUT2D eigenvalue weighted by molar-refractivity contribution is 9.10. The van der Waals surface area contributed by atoms with Crippen molar-refractivity contribution in [2.75, 3.05) is 6.54 Å². The third-order valence-corrected chi connectivity index (χ3v) is 3.45. The second-order valence-corrected chi connectivity index (χ2v) is 4.71. The third kappa shape index (κ3) is 2.73. The van der Waals surface area contributed by atoms with E-state index < -0.39 is 0 Å². The van der Waals surface area contributed by atoms with Gasteiger partial charge in [-0.15, -0.1) is 5.10 Å². The molecule has 5 heteroatoms. The second kappa shape index (κ2) is 5.42. The third-order valence-electron chi connectivity index (χ3n) is 2.56. The Hall–Kier alpha value is -1.20. The molecular formula is C12H15BrN4. The molecule has 0 bridgehead atoms. The van der Waals surface area contributed by atoms with E-state index in [4.69, 9.17) is 0 Å². The minimum absolute atomic E-state index is 0.776. The van der Waals surface area contributed by atoms with Crippen LogP contribution in [-0.4, -0.2) is 21.5 Å². The average molecular weight is 295 g/mol. The van der Waals surface area contributed by atoms with E-state index in [0.717, 1.165) is 28.9 Å². The van der Waals surface area contributed by atoms with Crippen molar-refractivity contribution in [2.24, 2.45) is 0 Å². The van der Waals surface area contributed by atoms with Gasteiger partial charge in [-0.1, -0.05) is 28.1 Å². The van der Waals surface area contributed by atoms with Gasteiger partial charge in [0.15, 0.2) is 0 Å². The summed E-state index contributed by atoms with van der Waals surface area (Å²) in [6.07, 6.45) is 1.79. The summed E-state index contributed by atoms with van der Waals surface area (Å²) in [6.45, 7) is 5.86. The zero-order valence-corrected chi connectivity index (χ0v) is 11.5. The number of aromatic nitrogens is 3. The van der Waals surface area contributed by atoms with E-state index in [9.17, 15) is 0 Å². The van der Waals surface area contributed by atoms with Crippen LogP contribution in [0, 0.1) is 6.92 Å². The lowest BCUT2D eigenvalue weighted by molar-refractivity contribution is 0.672. The van der Waals surface area contributed by atoms with Crippen LogP contribution in [0.25, 0.3) is 5.69 Å². The molecule has 0 unspecified atom stereocenters. The summed E-state index contributed by atoms with van der Waals surface area (Å²) in [5.41, 5.74) is 3.29. The van der Waals surface area contributed by atoms with Crippen LogP contribution in [-0.2, 0) is 6.54 Å². The first-order valence-electron chi connectivity index (χ1n) is 5.59. The summed E-state index contributed by atoms with van der Waals surface area (Å²) in [5, 5.41) is 11.4. The highest BCUT2D eigenvalue weighted by Crippen LogP contribution is 2.19. The Bertz CT molecular complexity index is 507. The van der Waals surface area contributed by atoms with Gasteiger partial charge in [-0.05, 0) is 37.2 Å². The fourth-order valence-electron chi connectivity index (χ4n) is 1.61. The van der Waals surface area contributed by atoms with Gasteiger partial charge in [-0.25, -0.2) is 4.68 Å². The Kier molecular flexibility index (Phi) is 3.91. The van der Waals surface area contributed by atoms with E-state index in [1.54, 1.807) is 6.20 Å². The first-order chi connectivity index (χ1) is 8.22. The van der Waals surface area contributed by atoms with Gasteiger partial charge >= 0.3 is 0 Å². The minimum Gasteiger partial charge on any atom is -0.311 e. The van der Waals surface area contributed by atoms with Crippen molar-refractivity contribution in [3.63, 3.8) is 0 Å². The molecule has 1 aromatic heterocycles. The van der Waals surface area contributed by atoms with E-state index in [1.165, 1.54) is 5.56 Å². The lowest BCUT2D eigenvalue weighted by Crippen LogP contribution is -2.15. The second-order valence-electron chi connectivity index (χ2n) is 3.85. The molecule has 0 radical (unpaired) electrons. The number of hydrogen-bond acceptors (Lipinski definition) is 3. The number of aryl methyl sites for hydroxylation is 1. The molecular weight excluding hydrogens is 280 g/mol. The predicted molar refractivity (Wildman–Crippen MR) is 71.2 cm³/mol. The topological polar surface area (TPSA) is 42.7 Å². The molecule has 0 saturated heterocycles. The molecule has 0 aliphatic heterocycles. The SMILES string of the molecule is CCNCc1cnnn1-c1ccc(Br)c(C)c1. The summed E-state index contributed by atoms with van der Waals surface area (Å²) in [4.78, 5) is 0. The van der Waals surface area contributed by atoms with Crippen molar-refractivity contribution in [2.45, 2.75) is 20.4 Å². The van der Waals surface area contributed by atoms with Crippen molar-refractivity contribution in [1.29, 1.82) is 0 Å². The van der Waals surface area contributed by atoms with Gasteiger partial charge in [-0.2, -0.15) is 0 Å². The van der Waals surface area contributed by atoms with Crippen LogP contribution in [0.3, 0.4) is 0 Å². The van der Waals surface area contributed by atoms with Crippen LogP contribution in [0.15, 0.2) is 28.9 Å². The van der Waals surface area contributed by atoms with Gasteiger partial charge in [0.05, 0.1) is 17.6 Å². The molecule has 90 valence electrons. The van der Waals surface area contributed by atoms with Crippen molar-refractivity contribution < 1.29 is 0 Å². The van der Waals surface area contributed by atoms with Gasteiger partial charge < -0.3 is 5.32 Å². The molecule has 0 fully saturated rings. The molecule has 1 heterocycles. The monoisotopic (exact) mass is 294 g/mol. The van der Waals surface area contributed by atoms with E-state index in [-0.39, 0.29) is 0 Å². The molecule has 0 aliphatic rings. The van der Waals surface area contributed by atoms with Crippen molar-refractivity contribution in [3.05, 3.63) is 40.1 Å². The molecule has 2 rings (SSSR count). The number of hydrogen-bond donors (Lipinski definition) is 1. The average Bonchev–Trinajstić information content (AvgIpc) is 2.78. The van der Waals surface area contributed by atoms with Crippen molar-refractivity contribution >= 4 is 15.9 Å². The largest absolute Gasteiger partial charge is 0.311 e. The molecule has 4 nitrogen and oxygen atoms in total. The quantitative estimate of drug-likeness (QED) is 0.942. The Morgan fingerprint density at radius 2 is 2.24 bits per heavy atom. The summed E-state index contributed by atoms with van der Waals surface area (Å²) >= 11 is 3.50. The summed E-state index contributed by atoms with van der Waals surface area (Å²) in [6, 6.07) is 6.15. The zero-order valence-electron chi connectivity index (χ0n) is 9.94. The van der Waals surface area contributed by atoms with Gasteiger partial charge in [0.25, 0.3) is 0 Å². The summed E-state index contributed by atoms with van der Waals surface area (Å²) in [5.74, 6) is 0. The molecule has 1 N–H and O–H groups in total. The van der Waals surface area contributed by atoms with Gasteiger partial charge in [0.1, 0.15) is 0 Å². The first kappa shape index (κ1) is 12.3. The maximum absolute atomic E-state index is 4.12. The summed E-state index contributed by atoms with van der Waals surface area (Å²) in [7, 11) is 0. The van der Waals surface area contributed by atoms with E-state index >= 15 is 0 Å². The number of rotatable bonds is 4. The number of benzene rings is 1. The number of halogens is 1. The van der Waals surface area contributed by atoms with Gasteiger partial charge in [0, 0.05) is 11.0 Å². The Labute approximate surface area is 109 Å². The number of nitrogens with zero attached hydrogens (tertiary/aromatic N) is 3. The van der Waals surface area contributed by atoms with Crippen LogP contribution < -0.4 is 5.32 Å². The van der Waals surface area contributed by atoms with Crippen molar-refractivity contribution in [1.82, 2.24) is 20.3 Å². The molecule has 0 saturated carbocycles. The highest BCUT2D eigenvalue weighted by atomic mass is 79.9. The van der Waals surface area contributed by atoms with Gasteiger partial charge in [0.2, 0.25) is 0 Å². The van der Waals surface area contributed by atoms with Crippen LogP contribution in [0.1, 0.15) is 18.2 Å². The van der Waals surface area contributed by atoms with E-state index in [2.05, 4.69) is 51.5 Å². The Balaban J connectivity index is 2.32. The smallest absolute Gasteiger partial charge is 0.0783 e. The molecule has 0 spiro atoms. The predicted octanol–water partition coefficient (Wildman–Crippen LogP) is 2.45. The summed E-state index contributed by atoms with van der Waals surface area (Å²) < 4.78 is 2.97. The Morgan fingerprint density at radius 3 is 2.94 bits per heavy atom. The normalized spacial score (nSPS) is 10.8. The van der Waals surface area contributed by atoms with E-state index in [0.29, 0.717) is 0 Å².